The number of halogens is 1. The lowest BCUT2D eigenvalue weighted by molar-refractivity contribution is -0.144. The van der Waals surface area contributed by atoms with Crippen LogP contribution in [0.25, 0.3) is 10.9 Å². The number of ether oxygens (including phenoxy) is 1. The average molecular weight is 479 g/mol. The van der Waals surface area contributed by atoms with Gasteiger partial charge in [0.05, 0.1) is 13.2 Å². The molecule has 0 saturated carbocycles. The van der Waals surface area contributed by atoms with Crippen molar-refractivity contribution in [1.29, 1.82) is 0 Å². The third-order valence-electron chi connectivity index (χ3n) is 5.66. The van der Waals surface area contributed by atoms with Gasteiger partial charge >= 0.3 is 5.97 Å². The first kappa shape index (κ1) is 24.2. The zero-order valence-electron chi connectivity index (χ0n) is 19.9. The normalized spacial score (nSPS) is 11.3. The summed E-state index contributed by atoms with van der Waals surface area (Å²) in [6.07, 6.45) is 0. The number of nitrogens with zero attached hydrogens (tertiary/aromatic N) is 5. The lowest BCUT2D eigenvalue weighted by atomic mass is 10.0. The summed E-state index contributed by atoms with van der Waals surface area (Å²) in [7, 11) is 0. The number of tetrazole rings is 1. The summed E-state index contributed by atoms with van der Waals surface area (Å²) in [4.78, 5) is 29.9. The van der Waals surface area contributed by atoms with Gasteiger partial charge in [0.25, 0.3) is 5.56 Å². The Hall–Kier alpha value is -3.92. The van der Waals surface area contributed by atoms with Crippen LogP contribution in [0.1, 0.15) is 35.0 Å². The number of hydrogen-bond donors (Lipinski definition) is 1. The number of fused-ring (bicyclic) bond motifs is 1. The highest BCUT2D eigenvalue weighted by Crippen LogP contribution is 2.20. The van der Waals surface area contributed by atoms with E-state index in [0.29, 0.717) is 24.5 Å². The molecule has 4 rings (SSSR count). The molecule has 0 saturated heterocycles. The van der Waals surface area contributed by atoms with Crippen LogP contribution in [0.3, 0.4) is 0 Å². The third-order valence-corrected chi connectivity index (χ3v) is 5.66. The van der Waals surface area contributed by atoms with E-state index in [1.807, 2.05) is 30.9 Å². The molecular formula is C25H27FN6O3. The molecule has 0 aliphatic heterocycles. The lowest BCUT2D eigenvalue weighted by Gasteiger charge is -2.22. The van der Waals surface area contributed by atoms with E-state index in [2.05, 4.69) is 26.6 Å². The van der Waals surface area contributed by atoms with E-state index in [4.69, 9.17) is 4.74 Å². The van der Waals surface area contributed by atoms with Gasteiger partial charge in [0.15, 0.2) is 5.82 Å². The molecule has 0 unspecified atom stereocenters. The molecule has 9 nitrogen and oxygen atoms in total. The number of aromatic amines is 1. The van der Waals surface area contributed by atoms with Crippen LogP contribution in [0.5, 0.6) is 0 Å². The number of carbonyl (C=O) groups excluding carboxylic acids is 1. The van der Waals surface area contributed by atoms with Gasteiger partial charge < -0.3 is 9.72 Å². The maximum atomic E-state index is 13.4. The van der Waals surface area contributed by atoms with Crippen molar-refractivity contribution in [3.63, 3.8) is 0 Å². The number of H-pyrrole nitrogens is 1. The van der Waals surface area contributed by atoms with Crippen LogP contribution in [-0.2, 0) is 35.7 Å². The standard InChI is InChI=1S/C25H27FN6O3/c1-4-35-24(33)15-32-23(28-29-30-32)14-31(12-18-5-7-20(26)8-6-18)13-19-11-21-17(3)9-16(2)10-22(21)27-25(19)34/h5-11H,4,12-15H2,1-3H3,(H,27,34). The fourth-order valence-corrected chi connectivity index (χ4v) is 4.08. The van der Waals surface area contributed by atoms with Crippen LogP contribution < -0.4 is 5.56 Å². The molecule has 10 heteroatoms. The summed E-state index contributed by atoms with van der Waals surface area (Å²) < 4.78 is 19.8. The van der Waals surface area contributed by atoms with Crippen LogP contribution >= 0.6 is 0 Å². The topological polar surface area (TPSA) is 106 Å². The Labute approximate surface area is 201 Å². The molecule has 0 radical (unpaired) electrons. The number of nitrogens with one attached hydrogen (secondary N) is 1. The van der Waals surface area contributed by atoms with Gasteiger partial charge in [-0.05, 0) is 72.2 Å². The predicted octanol–water partition coefficient (Wildman–Crippen LogP) is 3.04. The van der Waals surface area contributed by atoms with Crippen LogP contribution in [0.4, 0.5) is 4.39 Å². The Kier molecular flexibility index (Phi) is 7.31. The summed E-state index contributed by atoms with van der Waals surface area (Å²) in [5.74, 6) is -0.317. The number of hydrogen-bond acceptors (Lipinski definition) is 7. The van der Waals surface area contributed by atoms with E-state index in [0.717, 1.165) is 27.6 Å². The zero-order valence-corrected chi connectivity index (χ0v) is 19.9. The quantitative estimate of drug-likeness (QED) is 0.369. The molecule has 0 bridgehead atoms. The van der Waals surface area contributed by atoms with Crippen LogP contribution in [0.2, 0.25) is 0 Å². The summed E-state index contributed by atoms with van der Waals surface area (Å²) in [6.45, 7) is 6.84. The Morgan fingerprint density at radius 3 is 2.63 bits per heavy atom. The molecule has 2 aromatic heterocycles. The van der Waals surface area contributed by atoms with Gasteiger partial charge in [0, 0.05) is 29.6 Å². The fourth-order valence-electron chi connectivity index (χ4n) is 4.08. The third kappa shape index (κ3) is 5.96. The second-order valence-corrected chi connectivity index (χ2v) is 8.50. The molecule has 4 aromatic rings. The number of aryl methyl sites for hydroxylation is 2. The number of esters is 1. The number of aromatic nitrogens is 5. The van der Waals surface area contributed by atoms with Gasteiger partial charge in [-0.2, -0.15) is 0 Å². The molecule has 0 aliphatic rings. The highest BCUT2D eigenvalue weighted by Gasteiger charge is 2.18. The largest absolute Gasteiger partial charge is 0.465 e. The van der Waals surface area contributed by atoms with Gasteiger partial charge in [-0.3, -0.25) is 14.5 Å². The minimum Gasteiger partial charge on any atom is -0.465 e. The number of rotatable bonds is 9. The van der Waals surface area contributed by atoms with E-state index < -0.39 is 5.97 Å². The Morgan fingerprint density at radius 1 is 1.11 bits per heavy atom. The first-order valence-electron chi connectivity index (χ1n) is 11.3. The second kappa shape index (κ2) is 10.6. The van der Waals surface area contributed by atoms with Crippen LogP contribution in [-0.4, -0.2) is 42.7 Å². The summed E-state index contributed by atoms with van der Waals surface area (Å²) in [5.41, 5.74) is 4.19. The summed E-state index contributed by atoms with van der Waals surface area (Å²) >= 11 is 0. The zero-order chi connectivity index (χ0) is 24.9. The molecule has 2 aromatic carbocycles. The maximum Gasteiger partial charge on any atom is 0.327 e. The molecule has 0 spiro atoms. The first-order chi connectivity index (χ1) is 16.8. The van der Waals surface area contributed by atoms with Gasteiger partial charge in [-0.15, -0.1) is 5.10 Å². The monoisotopic (exact) mass is 478 g/mol. The van der Waals surface area contributed by atoms with Crippen molar-refractivity contribution < 1.29 is 13.9 Å². The smallest absolute Gasteiger partial charge is 0.327 e. The van der Waals surface area contributed by atoms with Crippen LogP contribution in [0.15, 0.2) is 47.3 Å². The van der Waals surface area contributed by atoms with Crippen molar-refractivity contribution in [1.82, 2.24) is 30.1 Å². The van der Waals surface area contributed by atoms with Crippen molar-refractivity contribution in [3.8, 4) is 0 Å². The number of carbonyl (C=O) groups is 1. The molecule has 0 amide bonds. The van der Waals surface area contributed by atoms with E-state index >= 15 is 0 Å². The molecule has 182 valence electrons. The molecule has 0 fully saturated rings. The van der Waals surface area contributed by atoms with E-state index in [9.17, 15) is 14.0 Å². The summed E-state index contributed by atoms with van der Waals surface area (Å²) in [5, 5.41) is 12.6. The highest BCUT2D eigenvalue weighted by molar-refractivity contribution is 5.83. The average Bonchev–Trinajstić information content (AvgIpc) is 3.22. The minimum absolute atomic E-state index is 0.115. The SMILES string of the molecule is CCOC(=O)Cn1nnnc1CN(Cc1ccc(F)cc1)Cc1cc2c(C)cc(C)cc2[nH]c1=O. The second-order valence-electron chi connectivity index (χ2n) is 8.50. The van der Waals surface area contributed by atoms with Crippen LogP contribution in [0, 0.1) is 19.7 Å². The number of pyridine rings is 1. The van der Waals surface area contributed by atoms with Crippen molar-refractivity contribution in [3.05, 3.63) is 86.7 Å². The Morgan fingerprint density at radius 2 is 1.89 bits per heavy atom. The van der Waals surface area contributed by atoms with E-state index in [1.165, 1.54) is 16.8 Å². The van der Waals surface area contributed by atoms with E-state index in [-0.39, 0.29) is 31.1 Å². The minimum atomic E-state index is -0.442. The van der Waals surface area contributed by atoms with Gasteiger partial charge in [-0.1, -0.05) is 18.2 Å². The fraction of sp³-hybridized carbons (Fsp3) is 0.320. The molecule has 0 atom stereocenters. The molecule has 2 heterocycles. The molecular weight excluding hydrogens is 451 g/mol. The van der Waals surface area contributed by atoms with Crippen molar-refractivity contribution in [2.24, 2.45) is 0 Å². The van der Waals surface area contributed by atoms with Gasteiger partial charge in [-0.25, -0.2) is 9.07 Å². The first-order valence-corrected chi connectivity index (χ1v) is 11.3. The highest BCUT2D eigenvalue weighted by atomic mass is 19.1. The maximum absolute atomic E-state index is 13.4. The Balaban J connectivity index is 1.65. The molecule has 0 aliphatic carbocycles. The molecule has 35 heavy (non-hydrogen) atoms. The van der Waals surface area contributed by atoms with E-state index in [1.54, 1.807) is 19.1 Å². The summed E-state index contributed by atoms with van der Waals surface area (Å²) in [6, 6.07) is 12.1. The van der Waals surface area contributed by atoms with Crippen molar-refractivity contribution in [2.45, 2.75) is 47.0 Å². The van der Waals surface area contributed by atoms with Gasteiger partial charge in [0.2, 0.25) is 0 Å². The van der Waals surface area contributed by atoms with Gasteiger partial charge in [0.1, 0.15) is 12.4 Å². The molecule has 1 N–H and O–H groups in total. The van der Waals surface area contributed by atoms with Crippen molar-refractivity contribution >= 4 is 16.9 Å². The Bertz CT molecular complexity index is 1400. The number of benzene rings is 2. The predicted molar refractivity (Wildman–Crippen MR) is 128 cm³/mol. The van der Waals surface area contributed by atoms with Crippen molar-refractivity contribution in [2.75, 3.05) is 6.61 Å². The lowest BCUT2D eigenvalue weighted by Crippen LogP contribution is -2.28.